The molecule has 0 aromatic rings. The van der Waals surface area contributed by atoms with Gasteiger partial charge < -0.3 is 39.4 Å². The van der Waals surface area contributed by atoms with Gasteiger partial charge in [-0.25, -0.2) is 0 Å². The van der Waals surface area contributed by atoms with E-state index in [1.807, 2.05) is 64.2 Å². The standard InChI is InChI=1S/C43H66O9/c1-7-11-27(2)20-32(44)15-14-29(4)22-40-43-42(52-43)39-19-18-35(50-39)25-34-16-17-36(49-34)26-38(47)37(46)24-31(6)30(5)23-33(45)21-28(3)12-9-8-10-13-41(48)51-40/h7-9,11-12,14-15,22,27,30,32-40,42-47H,6,10,13,16-21,23-26H2,1-5H3/b9-8-,11-7+,15-14+,28-12-,29-22+. The highest BCUT2D eigenvalue weighted by molar-refractivity contribution is 5.70. The van der Waals surface area contributed by atoms with E-state index in [-0.39, 0.29) is 67.3 Å². The Morgan fingerprint density at radius 3 is 2.42 bits per heavy atom. The maximum atomic E-state index is 13.1. The van der Waals surface area contributed by atoms with Crippen LogP contribution in [0.4, 0.5) is 0 Å². The molecule has 9 heteroatoms. The lowest BCUT2D eigenvalue weighted by Gasteiger charge is -2.25. The summed E-state index contributed by atoms with van der Waals surface area (Å²) < 4.78 is 25.0. The van der Waals surface area contributed by atoms with Crippen LogP contribution < -0.4 is 0 Å². The molecule has 4 N–H and O–H groups in total. The molecule has 0 saturated carbocycles. The van der Waals surface area contributed by atoms with E-state index in [0.717, 1.165) is 48.8 Å². The summed E-state index contributed by atoms with van der Waals surface area (Å²) in [5, 5.41) is 42.9. The highest BCUT2D eigenvalue weighted by atomic mass is 16.7. The Bertz CT molecular complexity index is 1300. The van der Waals surface area contributed by atoms with Gasteiger partial charge in [0.25, 0.3) is 0 Å². The molecule has 4 aliphatic rings. The van der Waals surface area contributed by atoms with Crippen LogP contribution in [0, 0.1) is 11.8 Å². The molecule has 9 nitrogen and oxygen atoms in total. The highest BCUT2D eigenvalue weighted by Gasteiger charge is 2.53. The summed E-state index contributed by atoms with van der Waals surface area (Å²) >= 11 is 0. The lowest BCUT2D eigenvalue weighted by atomic mass is 9.88. The summed E-state index contributed by atoms with van der Waals surface area (Å²) in [6.07, 6.45) is 18.4. The second kappa shape index (κ2) is 20.9. The quantitative estimate of drug-likeness (QED) is 0.101. The van der Waals surface area contributed by atoms with Crippen LogP contribution in [0.15, 0.2) is 71.9 Å². The van der Waals surface area contributed by atoms with E-state index >= 15 is 0 Å². The van der Waals surface area contributed by atoms with Crippen LogP contribution in [0.3, 0.4) is 0 Å². The summed E-state index contributed by atoms with van der Waals surface area (Å²) in [5.41, 5.74) is 2.69. The maximum Gasteiger partial charge on any atom is 0.306 e. The van der Waals surface area contributed by atoms with E-state index in [9.17, 15) is 25.2 Å². The zero-order valence-corrected chi connectivity index (χ0v) is 32.1. The fraction of sp³-hybridized carbons (Fsp3) is 0.698. The molecule has 4 heterocycles. The predicted molar refractivity (Wildman–Crippen MR) is 203 cm³/mol. The highest BCUT2D eigenvalue weighted by Crippen LogP contribution is 2.40. The minimum Gasteiger partial charge on any atom is -0.455 e. The van der Waals surface area contributed by atoms with Gasteiger partial charge in [-0.05, 0) is 103 Å². The van der Waals surface area contributed by atoms with E-state index in [4.69, 9.17) is 18.9 Å². The zero-order valence-electron chi connectivity index (χ0n) is 32.1. The molecule has 13 atom stereocenters. The van der Waals surface area contributed by atoms with Crippen molar-refractivity contribution in [2.75, 3.05) is 0 Å². The van der Waals surface area contributed by atoms with Crippen LogP contribution in [0.5, 0.6) is 0 Å². The van der Waals surface area contributed by atoms with Crippen LogP contribution in [0.25, 0.3) is 0 Å². The Kier molecular flexibility index (Phi) is 17.0. The minimum atomic E-state index is -0.937. The third kappa shape index (κ3) is 14.1. The molecule has 3 saturated heterocycles. The summed E-state index contributed by atoms with van der Waals surface area (Å²) in [6, 6.07) is 0. The fourth-order valence-corrected chi connectivity index (χ4v) is 7.78. The van der Waals surface area contributed by atoms with E-state index in [2.05, 4.69) is 19.6 Å². The average molecular weight is 727 g/mol. The van der Waals surface area contributed by atoms with Gasteiger partial charge in [-0.15, -0.1) is 0 Å². The SMILES string of the molecule is C=C1CC(O)C(O)CC2CCC(CC3CCC(O3)C3OC3C(/C=C(C)/C=C/C(O)CC(C)/C=C/C)OC(=O)CC/C=C\C=C(\C)CC(O)CC1C)O2. The van der Waals surface area contributed by atoms with E-state index < -0.39 is 30.5 Å². The molecule has 4 rings (SSSR count). The zero-order chi connectivity index (χ0) is 37.8. The van der Waals surface area contributed by atoms with Crippen molar-refractivity contribution in [3.8, 4) is 0 Å². The second-order valence-electron chi connectivity index (χ2n) is 15.9. The topological polar surface area (TPSA) is 138 Å². The first-order valence-electron chi connectivity index (χ1n) is 19.7. The molecule has 0 spiro atoms. The van der Waals surface area contributed by atoms with Crippen molar-refractivity contribution in [3.63, 3.8) is 0 Å². The van der Waals surface area contributed by atoms with Crippen LogP contribution in [0.1, 0.15) is 112 Å². The van der Waals surface area contributed by atoms with Gasteiger partial charge in [-0.3, -0.25) is 4.79 Å². The number of carbonyl (C=O) groups excluding carboxylic acids is 1. The van der Waals surface area contributed by atoms with Gasteiger partial charge in [0.2, 0.25) is 0 Å². The van der Waals surface area contributed by atoms with E-state index in [1.54, 1.807) is 6.08 Å². The Morgan fingerprint density at radius 2 is 1.67 bits per heavy atom. The van der Waals surface area contributed by atoms with Crippen molar-refractivity contribution in [3.05, 3.63) is 71.9 Å². The smallest absolute Gasteiger partial charge is 0.306 e. The van der Waals surface area contributed by atoms with Crippen LogP contribution in [-0.2, 0) is 23.7 Å². The normalized spacial score (nSPS) is 39.4. The molecule has 52 heavy (non-hydrogen) atoms. The molecule has 4 bridgehead atoms. The van der Waals surface area contributed by atoms with Crippen molar-refractivity contribution in [1.29, 1.82) is 0 Å². The predicted octanol–water partition coefficient (Wildman–Crippen LogP) is 6.75. The first-order chi connectivity index (χ1) is 24.8. The van der Waals surface area contributed by atoms with Crippen molar-refractivity contribution < 1.29 is 44.2 Å². The molecule has 0 radical (unpaired) electrons. The minimum absolute atomic E-state index is 0.0188. The number of carbonyl (C=O) groups is 1. The number of cyclic esters (lactones) is 1. The van der Waals surface area contributed by atoms with Gasteiger partial charge >= 0.3 is 5.97 Å². The van der Waals surface area contributed by atoms with Crippen LogP contribution in [-0.4, -0.2) is 93.5 Å². The second-order valence-corrected chi connectivity index (χ2v) is 15.9. The van der Waals surface area contributed by atoms with Gasteiger partial charge in [0, 0.05) is 12.8 Å². The number of allylic oxidation sites excluding steroid dienone is 7. The Hall–Kier alpha value is -2.37. The molecule has 0 amide bonds. The van der Waals surface area contributed by atoms with Gasteiger partial charge in [0.1, 0.15) is 18.3 Å². The maximum absolute atomic E-state index is 13.1. The molecule has 3 fully saturated rings. The van der Waals surface area contributed by atoms with E-state index in [1.165, 1.54) is 0 Å². The number of ether oxygens (including phenoxy) is 4. The third-order valence-corrected chi connectivity index (χ3v) is 10.9. The van der Waals surface area contributed by atoms with Gasteiger partial charge in [0.05, 0.1) is 48.8 Å². The monoisotopic (exact) mass is 726 g/mol. The molecule has 0 aromatic heterocycles. The van der Waals surface area contributed by atoms with Crippen molar-refractivity contribution >= 4 is 5.97 Å². The van der Waals surface area contributed by atoms with Crippen LogP contribution in [0.2, 0.25) is 0 Å². The lowest BCUT2D eigenvalue weighted by molar-refractivity contribution is -0.147. The molecule has 13 unspecified atom stereocenters. The molecule has 0 aromatic carbocycles. The fourth-order valence-electron chi connectivity index (χ4n) is 7.78. The van der Waals surface area contributed by atoms with Gasteiger partial charge in [0.15, 0.2) is 0 Å². The number of aliphatic hydroxyl groups excluding tert-OH is 4. The van der Waals surface area contributed by atoms with Crippen LogP contribution >= 0.6 is 0 Å². The summed E-state index contributed by atoms with van der Waals surface area (Å²) in [6.45, 7) is 14.1. The first-order valence-corrected chi connectivity index (χ1v) is 19.7. The number of fused-ring (bicyclic) bond motifs is 6. The number of hydrogen-bond acceptors (Lipinski definition) is 9. The molecule has 292 valence electrons. The molecular weight excluding hydrogens is 660 g/mol. The third-order valence-electron chi connectivity index (χ3n) is 10.9. The lowest BCUT2D eigenvalue weighted by Crippen LogP contribution is -2.31. The van der Waals surface area contributed by atoms with Gasteiger partial charge in [-0.2, -0.15) is 0 Å². The Morgan fingerprint density at radius 1 is 0.962 bits per heavy atom. The Labute approximate surface area is 312 Å². The van der Waals surface area contributed by atoms with E-state index in [0.29, 0.717) is 32.1 Å². The molecular formula is C43H66O9. The van der Waals surface area contributed by atoms with Crippen molar-refractivity contribution in [1.82, 2.24) is 0 Å². The number of epoxide rings is 1. The molecule has 4 aliphatic heterocycles. The summed E-state index contributed by atoms with van der Waals surface area (Å²) in [5.74, 6) is -0.0700. The number of hydrogen-bond donors (Lipinski definition) is 4. The Balaban J connectivity index is 1.44. The summed E-state index contributed by atoms with van der Waals surface area (Å²) in [7, 11) is 0. The summed E-state index contributed by atoms with van der Waals surface area (Å²) in [4.78, 5) is 13.1. The van der Waals surface area contributed by atoms with Gasteiger partial charge in [-0.1, -0.05) is 79.7 Å². The average Bonchev–Trinajstić information content (AvgIpc) is 3.53. The number of esters is 1. The largest absolute Gasteiger partial charge is 0.455 e. The first kappa shape index (κ1) is 42.4. The number of rotatable bonds is 6. The van der Waals surface area contributed by atoms with Crippen molar-refractivity contribution in [2.45, 2.75) is 179 Å². The molecule has 0 aliphatic carbocycles. The van der Waals surface area contributed by atoms with Crippen molar-refractivity contribution in [2.24, 2.45) is 11.8 Å². The number of aliphatic hydroxyl groups is 4.